The molecule has 1 fully saturated rings. The van der Waals surface area contributed by atoms with Crippen molar-refractivity contribution in [3.8, 4) is 0 Å². The molecule has 1 aliphatic rings. The Morgan fingerprint density at radius 3 is 2.44 bits per heavy atom. The van der Waals surface area contributed by atoms with Gasteiger partial charge in [-0.05, 0) is 25.3 Å². The number of rotatable bonds is 4. The smallest absolute Gasteiger partial charge is 0.345 e. The van der Waals surface area contributed by atoms with E-state index in [4.69, 9.17) is 0 Å². The van der Waals surface area contributed by atoms with Crippen molar-refractivity contribution in [2.45, 2.75) is 32.9 Å². The van der Waals surface area contributed by atoms with Crippen LogP contribution >= 0.6 is 0 Å². The number of carbonyl (C=O) groups excluding carboxylic acids is 1. The Labute approximate surface area is 106 Å². The Hall–Kier alpha value is -0.780. The van der Waals surface area contributed by atoms with Gasteiger partial charge in [-0.1, -0.05) is 13.8 Å². The second kappa shape index (κ2) is 5.47. The lowest BCUT2D eigenvalue weighted by Crippen LogP contribution is -2.52. The molecule has 1 saturated heterocycles. The molecule has 18 heavy (non-hydrogen) atoms. The molecule has 0 bridgehead atoms. The number of halogens is 3. The first-order valence-electron chi connectivity index (χ1n) is 6.24. The molecular formula is C12H21F3N2O. The zero-order chi connectivity index (χ0) is 14.0. The van der Waals surface area contributed by atoms with Gasteiger partial charge in [-0.15, -0.1) is 0 Å². The van der Waals surface area contributed by atoms with Gasteiger partial charge in [-0.3, -0.25) is 4.79 Å². The number of amides is 1. The minimum atomic E-state index is -4.49. The number of hydrogen-bond acceptors (Lipinski definition) is 2. The summed E-state index contributed by atoms with van der Waals surface area (Å²) in [7, 11) is 1.45. The quantitative estimate of drug-likeness (QED) is 0.844. The molecular weight excluding hydrogens is 245 g/mol. The van der Waals surface area contributed by atoms with Crippen LogP contribution in [0.15, 0.2) is 0 Å². The standard InChI is InChI=1S/C12H21F3N2O/c1-9(2)4-7-17(3)10(18)11(12(13,14)15)5-6-16-8-11/h9,16H,4-8H2,1-3H3. The van der Waals surface area contributed by atoms with Gasteiger partial charge in [0, 0.05) is 20.1 Å². The third-order valence-corrected chi connectivity index (χ3v) is 3.50. The van der Waals surface area contributed by atoms with Gasteiger partial charge in [-0.25, -0.2) is 0 Å². The zero-order valence-corrected chi connectivity index (χ0v) is 11.1. The van der Waals surface area contributed by atoms with Crippen molar-refractivity contribution in [3.05, 3.63) is 0 Å². The van der Waals surface area contributed by atoms with Crippen LogP contribution in [0.3, 0.4) is 0 Å². The molecule has 106 valence electrons. The summed E-state index contributed by atoms with van der Waals surface area (Å²) in [6.07, 6.45) is -3.94. The van der Waals surface area contributed by atoms with Crippen molar-refractivity contribution < 1.29 is 18.0 Å². The molecule has 3 nitrogen and oxygen atoms in total. The first-order valence-corrected chi connectivity index (χ1v) is 6.24. The van der Waals surface area contributed by atoms with Crippen LogP contribution in [0.5, 0.6) is 0 Å². The van der Waals surface area contributed by atoms with Gasteiger partial charge in [-0.2, -0.15) is 13.2 Å². The van der Waals surface area contributed by atoms with Crippen LogP contribution in [0, 0.1) is 11.3 Å². The van der Waals surface area contributed by atoms with Crippen molar-refractivity contribution in [2.75, 3.05) is 26.7 Å². The molecule has 1 rings (SSSR count). The van der Waals surface area contributed by atoms with Gasteiger partial charge in [0.1, 0.15) is 0 Å². The summed E-state index contributed by atoms with van der Waals surface area (Å²) in [6, 6.07) is 0. The van der Waals surface area contributed by atoms with Gasteiger partial charge >= 0.3 is 6.18 Å². The van der Waals surface area contributed by atoms with Crippen LogP contribution in [-0.4, -0.2) is 43.7 Å². The number of hydrogen-bond donors (Lipinski definition) is 1. The minimum absolute atomic E-state index is 0.165. The highest BCUT2D eigenvalue weighted by Crippen LogP contribution is 2.44. The predicted octanol–water partition coefficient (Wildman–Crippen LogP) is 2.03. The average Bonchev–Trinajstić information content (AvgIpc) is 2.74. The van der Waals surface area contributed by atoms with E-state index in [0.717, 1.165) is 0 Å². The molecule has 0 spiro atoms. The van der Waals surface area contributed by atoms with Crippen LogP contribution < -0.4 is 5.32 Å². The summed E-state index contributed by atoms with van der Waals surface area (Å²) in [5.74, 6) is -0.440. The van der Waals surface area contributed by atoms with Crippen LogP contribution in [0.1, 0.15) is 26.7 Å². The van der Waals surface area contributed by atoms with Crippen LogP contribution in [0.2, 0.25) is 0 Å². The molecule has 1 N–H and O–H groups in total. The molecule has 1 amide bonds. The van der Waals surface area contributed by atoms with Crippen molar-refractivity contribution >= 4 is 5.91 Å². The average molecular weight is 266 g/mol. The van der Waals surface area contributed by atoms with Crippen LogP contribution in [-0.2, 0) is 4.79 Å². The van der Waals surface area contributed by atoms with E-state index in [9.17, 15) is 18.0 Å². The molecule has 1 unspecified atom stereocenters. The first-order chi connectivity index (χ1) is 8.21. The summed E-state index contributed by atoms with van der Waals surface area (Å²) in [5.41, 5.74) is -2.22. The van der Waals surface area contributed by atoms with Crippen molar-refractivity contribution in [1.29, 1.82) is 0 Å². The Balaban J connectivity index is 2.78. The maximum Gasteiger partial charge on any atom is 0.404 e. The summed E-state index contributed by atoms with van der Waals surface area (Å²) < 4.78 is 39.4. The molecule has 6 heteroatoms. The fourth-order valence-electron chi connectivity index (χ4n) is 2.16. The highest BCUT2D eigenvalue weighted by molar-refractivity contribution is 5.84. The second-order valence-corrected chi connectivity index (χ2v) is 5.42. The maximum atomic E-state index is 13.1. The summed E-state index contributed by atoms with van der Waals surface area (Å²) in [4.78, 5) is 13.3. The SMILES string of the molecule is CC(C)CCN(C)C(=O)C1(C(F)(F)F)CCNC1. The molecule has 1 atom stereocenters. The van der Waals surface area contributed by atoms with E-state index in [1.54, 1.807) is 0 Å². The highest BCUT2D eigenvalue weighted by atomic mass is 19.4. The minimum Gasteiger partial charge on any atom is -0.345 e. The Morgan fingerprint density at radius 2 is 2.06 bits per heavy atom. The second-order valence-electron chi connectivity index (χ2n) is 5.42. The summed E-state index contributed by atoms with van der Waals surface area (Å²) in [5, 5.41) is 2.65. The van der Waals surface area contributed by atoms with E-state index in [0.29, 0.717) is 18.9 Å². The third-order valence-electron chi connectivity index (χ3n) is 3.50. The van der Waals surface area contributed by atoms with E-state index in [1.807, 2.05) is 13.8 Å². The molecule has 0 saturated carbocycles. The predicted molar refractivity (Wildman–Crippen MR) is 63.1 cm³/mol. The maximum absolute atomic E-state index is 13.1. The third kappa shape index (κ3) is 2.96. The van der Waals surface area contributed by atoms with Gasteiger partial charge in [0.05, 0.1) is 0 Å². The first kappa shape index (κ1) is 15.3. The topological polar surface area (TPSA) is 32.3 Å². The summed E-state index contributed by atoms with van der Waals surface area (Å²) >= 11 is 0. The lowest BCUT2D eigenvalue weighted by atomic mass is 9.84. The van der Waals surface area contributed by atoms with Gasteiger partial charge in [0.15, 0.2) is 5.41 Å². The monoisotopic (exact) mass is 266 g/mol. The number of nitrogens with zero attached hydrogens (tertiary/aromatic N) is 1. The van der Waals surface area contributed by atoms with E-state index in [1.165, 1.54) is 11.9 Å². The molecule has 0 aromatic heterocycles. The fourth-order valence-corrected chi connectivity index (χ4v) is 2.16. The molecule has 1 heterocycles. The molecule has 1 aliphatic heterocycles. The largest absolute Gasteiger partial charge is 0.404 e. The van der Waals surface area contributed by atoms with E-state index in [-0.39, 0.29) is 19.5 Å². The summed E-state index contributed by atoms with van der Waals surface area (Å²) in [6.45, 7) is 4.27. The Kier molecular flexibility index (Phi) is 4.64. The van der Waals surface area contributed by atoms with Gasteiger partial charge < -0.3 is 10.2 Å². The van der Waals surface area contributed by atoms with Gasteiger partial charge in [0.2, 0.25) is 5.91 Å². The van der Waals surface area contributed by atoms with Crippen molar-refractivity contribution in [2.24, 2.45) is 11.3 Å². The molecule has 0 aliphatic carbocycles. The van der Waals surface area contributed by atoms with Crippen molar-refractivity contribution in [1.82, 2.24) is 10.2 Å². The van der Waals surface area contributed by atoms with Crippen LogP contribution in [0.25, 0.3) is 0 Å². The molecule has 0 aromatic rings. The van der Waals surface area contributed by atoms with E-state index < -0.39 is 17.5 Å². The van der Waals surface area contributed by atoms with E-state index in [2.05, 4.69) is 5.32 Å². The zero-order valence-electron chi connectivity index (χ0n) is 11.1. The normalized spacial score (nSPS) is 24.6. The lowest BCUT2D eigenvalue weighted by molar-refractivity contribution is -0.221. The van der Waals surface area contributed by atoms with Crippen LogP contribution in [0.4, 0.5) is 13.2 Å². The Morgan fingerprint density at radius 1 is 1.44 bits per heavy atom. The molecule has 0 aromatic carbocycles. The highest BCUT2D eigenvalue weighted by Gasteiger charge is 2.62. The number of carbonyl (C=O) groups is 1. The number of alkyl halides is 3. The number of nitrogens with one attached hydrogen (secondary N) is 1. The fraction of sp³-hybridized carbons (Fsp3) is 0.917. The lowest BCUT2D eigenvalue weighted by Gasteiger charge is -2.33. The molecule has 0 radical (unpaired) electrons. The van der Waals surface area contributed by atoms with E-state index >= 15 is 0 Å². The van der Waals surface area contributed by atoms with Crippen molar-refractivity contribution in [3.63, 3.8) is 0 Å². The Bertz CT molecular complexity index is 296. The van der Waals surface area contributed by atoms with Gasteiger partial charge in [0.25, 0.3) is 0 Å².